The summed E-state index contributed by atoms with van der Waals surface area (Å²) in [6.07, 6.45) is 0.998. The monoisotopic (exact) mass is 379 g/mol. The molecule has 1 heterocycles. The van der Waals surface area contributed by atoms with Gasteiger partial charge in [-0.05, 0) is 17.7 Å². The van der Waals surface area contributed by atoms with E-state index in [1.807, 2.05) is 0 Å². The third kappa shape index (κ3) is 4.20. The van der Waals surface area contributed by atoms with Gasteiger partial charge in [-0.3, -0.25) is 23.7 Å². The van der Waals surface area contributed by atoms with Crippen LogP contribution in [0.4, 0.5) is 0 Å². The van der Waals surface area contributed by atoms with Crippen molar-refractivity contribution in [1.29, 1.82) is 0 Å². The van der Waals surface area contributed by atoms with E-state index in [2.05, 4.69) is 4.99 Å². The number of hydrogen-bond acceptors (Lipinski definition) is 5. The molecule has 1 atom stereocenters. The summed E-state index contributed by atoms with van der Waals surface area (Å²) in [5.41, 5.74) is -0.739. The summed E-state index contributed by atoms with van der Waals surface area (Å²) in [7, 11) is 2.62. The lowest BCUT2D eigenvalue weighted by Gasteiger charge is -2.13. The number of carbonyl (C=O) groups is 1. The number of carboxylic acid groups (broad SMARTS) is 1. The van der Waals surface area contributed by atoms with Gasteiger partial charge in [0.15, 0.2) is 0 Å². The maximum absolute atomic E-state index is 12.1. The minimum Gasteiger partial charge on any atom is -0.494 e. The number of hydrogen-bond donors (Lipinski definition) is 2. The summed E-state index contributed by atoms with van der Waals surface area (Å²) in [6, 6.07) is 6.75. The first-order valence-electron chi connectivity index (χ1n) is 7.68. The first-order valence-corrected chi connectivity index (χ1v) is 8.06. The molecule has 8 nitrogen and oxygen atoms in total. The van der Waals surface area contributed by atoms with Crippen molar-refractivity contribution in [3.05, 3.63) is 61.3 Å². The normalized spacial score (nSPS) is 12.4. The standard InChI is InChI=1S/C17H18ClN3O5/c1-20-15(24)13(16(25)21(2)17(20)26)9-19-8-11(7-14(22)23)10-3-5-12(18)6-4-10/h3-6,9,11,24H,7-8H2,1-2H3,(H,22,23)/t11-/m0/s1. The lowest BCUT2D eigenvalue weighted by atomic mass is 9.96. The van der Waals surface area contributed by atoms with Crippen LogP contribution in [0.2, 0.25) is 5.02 Å². The smallest absolute Gasteiger partial charge is 0.333 e. The fourth-order valence-electron chi connectivity index (χ4n) is 2.48. The van der Waals surface area contributed by atoms with Crippen LogP contribution < -0.4 is 11.2 Å². The van der Waals surface area contributed by atoms with Gasteiger partial charge in [-0.25, -0.2) is 4.79 Å². The first kappa shape index (κ1) is 19.5. The maximum Gasteiger partial charge on any atom is 0.333 e. The van der Waals surface area contributed by atoms with E-state index in [9.17, 15) is 19.5 Å². The van der Waals surface area contributed by atoms with Crippen LogP contribution in [0.5, 0.6) is 5.88 Å². The Hall–Kier alpha value is -2.87. The molecule has 0 aliphatic heterocycles. The molecule has 0 amide bonds. The van der Waals surface area contributed by atoms with E-state index in [1.165, 1.54) is 14.1 Å². The zero-order valence-corrected chi connectivity index (χ0v) is 15.0. The van der Waals surface area contributed by atoms with Gasteiger partial charge < -0.3 is 10.2 Å². The van der Waals surface area contributed by atoms with Crippen molar-refractivity contribution in [2.75, 3.05) is 6.54 Å². The number of aromatic hydroxyl groups is 1. The molecular weight excluding hydrogens is 362 g/mol. The molecule has 0 fully saturated rings. The number of aromatic nitrogens is 2. The fraction of sp³-hybridized carbons (Fsp3) is 0.294. The summed E-state index contributed by atoms with van der Waals surface area (Å²) in [5, 5.41) is 19.6. The predicted molar refractivity (Wildman–Crippen MR) is 97.5 cm³/mol. The zero-order chi connectivity index (χ0) is 19.4. The lowest BCUT2D eigenvalue weighted by molar-refractivity contribution is -0.137. The topological polar surface area (TPSA) is 114 Å². The van der Waals surface area contributed by atoms with Gasteiger partial charge in [-0.2, -0.15) is 0 Å². The van der Waals surface area contributed by atoms with Gasteiger partial charge >= 0.3 is 11.7 Å². The molecule has 0 unspecified atom stereocenters. The van der Waals surface area contributed by atoms with Gasteiger partial charge in [-0.15, -0.1) is 0 Å². The second-order valence-corrected chi connectivity index (χ2v) is 6.22. The van der Waals surface area contributed by atoms with E-state index in [4.69, 9.17) is 16.7 Å². The quantitative estimate of drug-likeness (QED) is 0.730. The van der Waals surface area contributed by atoms with Gasteiger partial charge in [0.05, 0.1) is 6.42 Å². The van der Waals surface area contributed by atoms with Crippen LogP contribution in [0.1, 0.15) is 23.5 Å². The Morgan fingerprint density at radius 3 is 2.42 bits per heavy atom. The molecule has 0 saturated heterocycles. The van der Waals surface area contributed by atoms with Crippen LogP contribution in [-0.4, -0.2) is 38.1 Å². The van der Waals surface area contributed by atoms with E-state index in [-0.39, 0.29) is 18.5 Å². The third-order valence-electron chi connectivity index (χ3n) is 3.98. The Morgan fingerprint density at radius 1 is 1.23 bits per heavy atom. The fourth-order valence-corrected chi connectivity index (χ4v) is 2.60. The molecule has 0 aliphatic carbocycles. The van der Waals surface area contributed by atoms with Gasteiger partial charge in [0.25, 0.3) is 5.56 Å². The first-order chi connectivity index (χ1) is 12.2. The number of carboxylic acids is 1. The van der Waals surface area contributed by atoms with Crippen LogP contribution in [0.15, 0.2) is 38.8 Å². The molecule has 0 saturated carbocycles. The van der Waals surface area contributed by atoms with Crippen molar-refractivity contribution in [2.24, 2.45) is 19.1 Å². The van der Waals surface area contributed by atoms with Crippen molar-refractivity contribution in [1.82, 2.24) is 9.13 Å². The van der Waals surface area contributed by atoms with E-state index >= 15 is 0 Å². The highest BCUT2D eigenvalue weighted by Gasteiger charge is 2.16. The SMILES string of the molecule is Cn1c(O)c(C=NC[C@H](CC(=O)O)c2ccc(Cl)cc2)c(=O)n(C)c1=O. The number of halogens is 1. The third-order valence-corrected chi connectivity index (χ3v) is 4.23. The number of nitrogens with zero attached hydrogens (tertiary/aromatic N) is 3. The summed E-state index contributed by atoms with van der Waals surface area (Å²) < 4.78 is 1.78. The molecule has 0 bridgehead atoms. The van der Waals surface area contributed by atoms with Crippen LogP contribution in [0, 0.1) is 0 Å². The average molecular weight is 380 g/mol. The molecule has 26 heavy (non-hydrogen) atoms. The Balaban J connectivity index is 2.32. The number of aliphatic carboxylic acids is 1. The number of rotatable bonds is 6. The minimum atomic E-state index is -0.985. The van der Waals surface area contributed by atoms with Gasteiger partial charge in [0, 0.05) is 37.8 Å². The summed E-state index contributed by atoms with van der Waals surface area (Å²) in [4.78, 5) is 39.1. The van der Waals surface area contributed by atoms with E-state index in [0.717, 1.165) is 20.9 Å². The van der Waals surface area contributed by atoms with Crippen molar-refractivity contribution >= 4 is 23.8 Å². The molecule has 0 radical (unpaired) electrons. The Morgan fingerprint density at radius 2 is 1.85 bits per heavy atom. The van der Waals surface area contributed by atoms with Crippen LogP contribution >= 0.6 is 11.6 Å². The highest BCUT2D eigenvalue weighted by molar-refractivity contribution is 6.30. The van der Waals surface area contributed by atoms with Gasteiger partial charge in [0.1, 0.15) is 5.56 Å². The summed E-state index contributed by atoms with van der Waals surface area (Å²) in [6.45, 7) is 0.0827. The maximum atomic E-state index is 12.1. The minimum absolute atomic E-state index is 0.0827. The van der Waals surface area contributed by atoms with E-state index in [1.54, 1.807) is 24.3 Å². The summed E-state index contributed by atoms with van der Waals surface area (Å²) in [5.74, 6) is -1.91. The van der Waals surface area contributed by atoms with Gasteiger partial charge in [-0.1, -0.05) is 23.7 Å². The average Bonchev–Trinajstić information content (AvgIpc) is 2.60. The van der Waals surface area contributed by atoms with Crippen molar-refractivity contribution in [3.8, 4) is 5.88 Å². The van der Waals surface area contributed by atoms with Crippen molar-refractivity contribution in [3.63, 3.8) is 0 Å². The largest absolute Gasteiger partial charge is 0.494 e. The molecule has 2 N–H and O–H groups in total. The molecule has 1 aromatic heterocycles. The number of benzene rings is 1. The molecule has 2 rings (SSSR count). The molecule has 9 heteroatoms. The van der Waals surface area contributed by atoms with E-state index < -0.39 is 29.0 Å². The molecular formula is C17H18ClN3O5. The second kappa shape index (κ2) is 8.01. The van der Waals surface area contributed by atoms with Crippen LogP contribution in [-0.2, 0) is 18.9 Å². The van der Waals surface area contributed by atoms with E-state index in [0.29, 0.717) is 5.02 Å². The number of aliphatic imine (C=N–C) groups is 1. The highest BCUT2D eigenvalue weighted by Crippen LogP contribution is 2.22. The molecule has 2 aromatic rings. The predicted octanol–water partition coefficient (Wildman–Crippen LogP) is 1.12. The zero-order valence-electron chi connectivity index (χ0n) is 14.2. The lowest BCUT2D eigenvalue weighted by Crippen LogP contribution is -2.38. The van der Waals surface area contributed by atoms with Crippen molar-refractivity contribution in [2.45, 2.75) is 12.3 Å². The van der Waals surface area contributed by atoms with Crippen LogP contribution in [0.25, 0.3) is 0 Å². The molecule has 1 aromatic carbocycles. The van der Waals surface area contributed by atoms with Crippen molar-refractivity contribution < 1.29 is 15.0 Å². The van der Waals surface area contributed by atoms with Gasteiger partial charge in [0.2, 0.25) is 5.88 Å². The Bertz CT molecular complexity index is 960. The summed E-state index contributed by atoms with van der Waals surface area (Å²) >= 11 is 5.85. The molecule has 138 valence electrons. The molecule has 0 aliphatic rings. The Kier molecular flexibility index (Phi) is 5.99. The second-order valence-electron chi connectivity index (χ2n) is 5.78. The highest BCUT2D eigenvalue weighted by atomic mass is 35.5. The van der Waals surface area contributed by atoms with Crippen LogP contribution in [0.3, 0.4) is 0 Å². The Labute approximate surface area is 153 Å². The molecule has 0 spiro atoms.